The van der Waals surface area contributed by atoms with Crippen LogP contribution in [0.3, 0.4) is 0 Å². The first-order valence-corrected chi connectivity index (χ1v) is 5.22. The molecule has 0 saturated heterocycles. The molecule has 0 spiro atoms. The minimum absolute atomic E-state index is 0. The van der Waals surface area contributed by atoms with Gasteiger partial charge in [-0.3, -0.25) is 4.99 Å². The molecule has 0 amide bonds. The summed E-state index contributed by atoms with van der Waals surface area (Å²) in [4.78, 5) is 4.30. The maximum atomic E-state index is 10.4. The summed E-state index contributed by atoms with van der Waals surface area (Å²) in [6.07, 6.45) is 1.80. The molecule has 81 valence electrons. The van der Waals surface area contributed by atoms with Gasteiger partial charge >= 0.3 is 0 Å². The second kappa shape index (κ2) is 7.95. The van der Waals surface area contributed by atoms with E-state index in [-0.39, 0.29) is 38.6 Å². The van der Waals surface area contributed by atoms with Gasteiger partial charge in [0.25, 0.3) is 0 Å². The predicted octanol–water partition coefficient (Wildman–Crippen LogP) is 2.65. The number of nitrogens with zero attached hydrogens (tertiary/aromatic N) is 1. The molecule has 0 fully saturated rings. The van der Waals surface area contributed by atoms with Crippen LogP contribution in [0.5, 0.6) is 0 Å². The van der Waals surface area contributed by atoms with Crippen molar-refractivity contribution in [1.82, 2.24) is 0 Å². The van der Waals surface area contributed by atoms with Crippen molar-refractivity contribution in [1.29, 1.82) is 0 Å². The van der Waals surface area contributed by atoms with Gasteiger partial charge in [-0.25, -0.2) is 0 Å². The molecule has 0 bridgehead atoms. The number of hydrogen-bond donors (Lipinski definition) is 1. The van der Waals surface area contributed by atoms with Gasteiger partial charge in [0.15, 0.2) is 0 Å². The van der Waals surface area contributed by atoms with Gasteiger partial charge in [-0.05, 0) is 26.2 Å². The summed E-state index contributed by atoms with van der Waals surface area (Å²) >= 11 is 0. The van der Waals surface area contributed by atoms with Gasteiger partial charge in [0.2, 0.25) is 0 Å². The molecule has 0 aromatic carbocycles. The maximum absolute atomic E-state index is 10.4. The van der Waals surface area contributed by atoms with Crippen LogP contribution >= 0.6 is 0 Å². The van der Waals surface area contributed by atoms with Crippen LogP contribution in [-0.2, 0) is 32.7 Å². The first-order chi connectivity index (χ1) is 5.99. The van der Waals surface area contributed by atoms with Crippen LogP contribution in [0.2, 0.25) is 0 Å². The van der Waals surface area contributed by atoms with Gasteiger partial charge in [0, 0.05) is 45.0 Å². The van der Waals surface area contributed by atoms with Crippen LogP contribution in [0.25, 0.3) is 0 Å². The van der Waals surface area contributed by atoms with E-state index in [2.05, 4.69) is 11.9 Å². The Morgan fingerprint density at radius 3 is 2.14 bits per heavy atom. The fraction of sp³-hybridized carbons (Fsp3) is 0.909. The molecule has 1 radical (unpaired) electrons. The van der Waals surface area contributed by atoms with Crippen LogP contribution in [0.1, 0.15) is 47.5 Å². The van der Waals surface area contributed by atoms with E-state index in [9.17, 15) is 5.11 Å². The smallest absolute Gasteiger partial charge is 0.104 e. The molecular formula is C11H23NOY. The Bertz CT molecular complexity index is 180. The topological polar surface area (TPSA) is 32.6 Å². The van der Waals surface area contributed by atoms with Crippen molar-refractivity contribution in [3.8, 4) is 0 Å². The third-order valence-electron chi connectivity index (χ3n) is 2.61. The Kier molecular flexibility index (Phi) is 9.74. The number of hydrogen-bond acceptors (Lipinski definition) is 2. The van der Waals surface area contributed by atoms with Gasteiger partial charge in [-0.2, -0.15) is 0 Å². The second-order valence-electron chi connectivity index (χ2n) is 3.89. The van der Waals surface area contributed by atoms with Crippen LogP contribution in [0, 0.1) is 5.92 Å². The zero-order valence-corrected chi connectivity index (χ0v) is 13.0. The first kappa shape index (κ1) is 17.1. The van der Waals surface area contributed by atoms with Crippen LogP contribution < -0.4 is 0 Å². The van der Waals surface area contributed by atoms with Crippen molar-refractivity contribution in [3.05, 3.63) is 0 Å². The van der Waals surface area contributed by atoms with E-state index in [1.807, 2.05) is 27.7 Å². The van der Waals surface area contributed by atoms with E-state index in [0.29, 0.717) is 0 Å². The molecule has 1 unspecified atom stereocenters. The molecule has 0 aromatic rings. The molecule has 1 atom stereocenters. The predicted molar refractivity (Wildman–Crippen MR) is 58.3 cm³/mol. The van der Waals surface area contributed by atoms with Crippen molar-refractivity contribution < 1.29 is 37.8 Å². The van der Waals surface area contributed by atoms with E-state index in [4.69, 9.17) is 0 Å². The van der Waals surface area contributed by atoms with Gasteiger partial charge < -0.3 is 5.11 Å². The Morgan fingerprint density at radius 2 is 1.86 bits per heavy atom. The average molecular weight is 274 g/mol. The summed E-state index contributed by atoms with van der Waals surface area (Å²) in [6, 6.07) is 0. The van der Waals surface area contributed by atoms with E-state index >= 15 is 0 Å². The van der Waals surface area contributed by atoms with Crippen LogP contribution in [0.15, 0.2) is 4.99 Å². The van der Waals surface area contributed by atoms with E-state index < -0.39 is 5.60 Å². The minimum Gasteiger partial charge on any atom is -0.384 e. The van der Waals surface area contributed by atoms with E-state index in [0.717, 1.165) is 25.1 Å². The van der Waals surface area contributed by atoms with Crippen molar-refractivity contribution in [2.75, 3.05) is 6.54 Å². The summed E-state index contributed by atoms with van der Waals surface area (Å²) in [5, 5.41) is 10.4. The van der Waals surface area contributed by atoms with Crippen LogP contribution in [-0.4, -0.2) is 23.0 Å². The van der Waals surface area contributed by atoms with Gasteiger partial charge in [-0.15, -0.1) is 0 Å². The molecule has 0 aliphatic rings. The fourth-order valence-corrected chi connectivity index (χ4v) is 1.64. The third kappa shape index (κ3) is 4.50. The van der Waals surface area contributed by atoms with Gasteiger partial charge in [0.05, 0.1) is 0 Å². The Morgan fingerprint density at radius 1 is 1.36 bits per heavy atom. The molecule has 0 aromatic heterocycles. The van der Waals surface area contributed by atoms with Crippen molar-refractivity contribution >= 4 is 5.71 Å². The molecular weight excluding hydrogens is 251 g/mol. The minimum atomic E-state index is -0.690. The van der Waals surface area contributed by atoms with E-state index in [1.165, 1.54) is 0 Å². The molecule has 3 heteroatoms. The Hall–Kier alpha value is 0.734. The summed E-state index contributed by atoms with van der Waals surface area (Å²) in [6.45, 7) is 10.9. The monoisotopic (exact) mass is 274 g/mol. The molecule has 0 rings (SSSR count). The maximum Gasteiger partial charge on any atom is 0.104 e. The zero-order valence-electron chi connectivity index (χ0n) is 10.2. The molecule has 0 saturated carbocycles. The van der Waals surface area contributed by atoms with Crippen molar-refractivity contribution in [3.63, 3.8) is 0 Å². The summed E-state index contributed by atoms with van der Waals surface area (Å²) in [5.41, 5.74) is 0.192. The number of rotatable bonds is 5. The first-order valence-electron chi connectivity index (χ1n) is 5.22. The normalized spacial score (nSPS) is 16.4. The summed E-state index contributed by atoms with van der Waals surface area (Å²) < 4.78 is 0. The fourth-order valence-electron chi connectivity index (χ4n) is 1.64. The molecule has 0 aliphatic carbocycles. The average Bonchev–Trinajstić information content (AvgIpc) is 2.04. The Labute approximate surface area is 113 Å². The van der Waals surface area contributed by atoms with Gasteiger partial charge in [0.1, 0.15) is 5.60 Å². The Balaban J connectivity index is 0. The number of aliphatic hydroxyl groups is 1. The summed E-state index contributed by atoms with van der Waals surface area (Å²) in [7, 11) is 0. The van der Waals surface area contributed by atoms with Crippen molar-refractivity contribution in [2.45, 2.75) is 53.1 Å². The van der Waals surface area contributed by atoms with E-state index in [1.54, 1.807) is 0 Å². The largest absolute Gasteiger partial charge is 0.384 e. The third-order valence-corrected chi connectivity index (χ3v) is 2.61. The summed E-state index contributed by atoms with van der Waals surface area (Å²) in [5.74, 6) is 0.239. The molecule has 14 heavy (non-hydrogen) atoms. The molecule has 2 nitrogen and oxygen atoms in total. The second-order valence-corrected chi connectivity index (χ2v) is 3.89. The standard InChI is InChI=1S/C11H23NO.Y/c1-6-8-11(13,9(3)4)10(5)12-7-2;/h9,13H,6-8H2,1-5H3;. The van der Waals surface area contributed by atoms with Crippen LogP contribution in [0.4, 0.5) is 0 Å². The number of aliphatic imine (C=N–C) groups is 1. The quantitative estimate of drug-likeness (QED) is 0.768. The zero-order chi connectivity index (χ0) is 10.5. The van der Waals surface area contributed by atoms with Gasteiger partial charge in [-0.1, -0.05) is 27.2 Å². The molecule has 0 aliphatic heterocycles. The molecule has 1 N–H and O–H groups in total. The van der Waals surface area contributed by atoms with Crippen molar-refractivity contribution in [2.24, 2.45) is 10.9 Å². The SMILES string of the molecule is CCCC(O)(C(C)=NCC)C(C)C.[Y]. The molecule has 0 heterocycles.